The van der Waals surface area contributed by atoms with Gasteiger partial charge in [0.2, 0.25) is 5.96 Å². The molecule has 0 fully saturated rings. The summed E-state index contributed by atoms with van der Waals surface area (Å²) in [5, 5.41) is 0. The van der Waals surface area contributed by atoms with E-state index in [1.165, 1.54) is 0 Å². The van der Waals surface area contributed by atoms with Gasteiger partial charge in [-0.2, -0.15) is 0 Å². The van der Waals surface area contributed by atoms with Crippen LogP contribution in [0.5, 0.6) is 0 Å². The van der Waals surface area contributed by atoms with Crippen LogP contribution in [0.3, 0.4) is 0 Å². The molecule has 0 spiro atoms. The van der Waals surface area contributed by atoms with Gasteiger partial charge in [-0.1, -0.05) is 30.3 Å². The molecular weight excluding hydrogens is 223 g/mol. The van der Waals surface area contributed by atoms with E-state index in [1.54, 1.807) is 0 Å². The maximum absolute atomic E-state index is 5.45. The summed E-state index contributed by atoms with van der Waals surface area (Å²) in [7, 11) is 0. The molecule has 76 valence electrons. The van der Waals surface area contributed by atoms with E-state index in [4.69, 9.17) is 29.3 Å². The number of nitrogens with zero attached hydrogens (tertiary/aromatic N) is 2. The van der Waals surface area contributed by atoms with E-state index in [2.05, 4.69) is 10.4 Å². The van der Waals surface area contributed by atoms with Crippen molar-refractivity contribution in [2.45, 2.75) is 6.54 Å². The van der Waals surface area contributed by atoms with Crippen molar-refractivity contribution >= 4 is 29.5 Å². The molecule has 0 bridgehead atoms. The Morgan fingerprint density at radius 1 is 1.36 bits per heavy atom. The molecule has 0 amide bonds. The van der Waals surface area contributed by atoms with E-state index < -0.39 is 0 Å². The summed E-state index contributed by atoms with van der Waals surface area (Å²) in [6, 6.07) is 9.72. The van der Waals surface area contributed by atoms with Crippen molar-refractivity contribution in [1.29, 1.82) is 0 Å². The number of halogens is 2. The maximum atomic E-state index is 5.45. The van der Waals surface area contributed by atoms with Crippen molar-refractivity contribution in [3.05, 3.63) is 35.9 Å². The third-order valence-corrected chi connectivity index (χ3v) is 1.64. The monoisotopic (exact) mass is 232 g/mol. The highest BCUT2D eigenvalue weighted by Gasteiger charge is 1.95. The standard InChI is InChI=1S/C8H10Cl2N4/c9-14(10)13-8(11)12-6-7-4-2-1-3-5-7/h1-5H,6H2,(H3,11,12,13). The minimum atomic E-state index is 0.166. The van der Waals surface area contributed by atoms with Gasteiger partial charge in [0.1, 0.15) is 0 Å². The van der Waals surface area contributed by atoms with Crippen molar-refractivity contribution < 1.29 is 0 Å². The number of benzene rings is 1. The molecule has 6 heteroatoms. The van der Waals surface area contributed by atoms with Crippen LogP contribution in [0.1, 0.15) is 5.56 Å². The number of aliphatic imine (C=N–C) groups is 1. The van der Waals surface area contributed by atoms with Crippen LogP contribution in [0, 0.1) is 0 Å². The summed E-state index contributed by atoms with van der Waals surface area (Å²) in [5.74, 6) is 0.166. The highest BCUT2D eigenvalue weighted by molar-refractivity contribution is 6.33. The minimum Gasteiger partial charge on any atom is -0.369 e. The SMILES string of the molecule is NC(=NCc1ccccc1)NN(Cl)Cl. The Morgan fingerprint density at radius 2 is 2.00 bits per heavy atom. The lowest BCUT2D eigenvalue weighted by Crippen LogP contribution is -2.36. The van der Waals surface area contributed by atoms with Crippen molar-refractivity contribution in [2.75, 3.05) is 0 Å². The molecule has 0 radical (unpaired) electrons. The number of nitrogens with two attached hydrogens (primary N) is 1. The van der Waals surface area contributed by atoms with Gasteiger partial charge >= 0.3 is 0 Å². The van der Waals surface area contributed by atoms with Crippen LogP contribution < -0.4 is 11.2 Å². The average molecular weight is 233 g/mol. The first-order valence-corrected chi connectivity index (χ1v) is 4.58. The van der Waals surface area contributed by atoms with E-state index in [0.717, 1.165) is 5.56 Å². The Bertz CT molecular complexity index is 299. The third kappa shape index (κ3) is 4.32. The van der Waals surface area contributed by atoms with Gasteiger partial charge < -0.3 is 5.73 Å². The normalized spacial score (nSPS) is 11.8. The molecule has 1 aromatic rings. The van der Waals surface area contributed by atoms with Crippen LogP contribution in [0.15, 0.2) is 35.3 Å². The van der Waals surface area contributed by atoms with Crippen LogP contribution in [0.2, 0.25) is 0 Å². The molecule has 4 nitrogen and oxygen atoms in total. The Kier molecular flexibility index (Phi) is 4.52. The molecule has 0 aliphatic rings. The fourth-order valence-corrected chi connectivity index (χ4v) is 1.06. The number of hydrogen-bond acceptors (Lipinski definition) is 2. The predicted octanol–water partition coefficient (Wildman–Crippen LogP) is 1.62. The van der Waals surface area contributed by atoms with Crippen LogP contribution in [-0.4, -0.2) is 10.0 Å². The molecule has 0 saturated carbocycles. The molecule has 0 saturated heterocycles. The van der Waals surface area contributed by atoms with Crippen LogP contribution in [0.25, 0.3) is 0 Å². The van der Waals surface area contributed by atoms with Crippen molar-refractivity contribution in [3.8, 4) is 0 Å². The maximum Gasteiger partial charge on any atom is 0.205 e. The first kappa shape index (κ1) is 11.1. The summed E-state index contributed by atoms with van der Waals surface area (Å²) >= 11 is 10.6. The van der Waals surface area contributed by atoms with E-state index in [9.17, 15) is 0 Å². The molecule has 0 heterocycles. The highest BCUT2D eigenvalue weighted by Crippen LogP contribution is 1.99. The largest absolute Gasteiger partial charge is 0.369 e. The van der Waals surface area contributed by atoms with E-state index >= 15 is 0 Å². The van der Waals surface area contributed by atoms with Gasteiger partial charge in [-0.3, -0.25) is 5.43 Å². The number of guanidine groups is 1. The summed E-state index contributed by atoms with van der Waals surface area (Å²) < 4.78 is 0.698. The summed E-state index contributed by atoms with van der Waals surface area (Å²) in [6.07, 6.45) is 0. The van der Waals surface area contributed by atoms with Crippen molar-refractivity contribution in [2.24, 2.45) is 10.7 Å². The molecule has 1 aromatic carbocycles. The van der Waals surface area contributed by atoms with Crippen molar-refractivity contribution in [1.82, 2.24) is 9.47 Å². The fourth-order valence-electron chi connectivity index (χ4n) is 0.882. The molecule has 14 heavy (non-hydrogen) atoms. The molecule has 0 aliphatic carbocycles. The summed E-state index contributed by atoms with van der Waals surface area (Å²) in [4.78, 5) is 4.01. The predicted molar refractivity (Wildman–Crippen MR) is 58.4 cm³/mol. The third-order valence-electron chi connectivity index (χ3n) is 1.47. The summed E-state index contributed by atoms with van der Waals surface area (Å²) in [5.41, 5.74) is 8.92. The van der Waals surface area contributed by atoms with Gasteiger partial charge in [-0.15, -0.1) is 0 Å². The van der Waals surface area contributed by atoms with E-state index in [-0.39, 0.29) is 5.96 Å². The lowest BCUT2D eigenvalue weighted by Gasteiger charge is -2.06. The summed E-state index contributed by atoms with van der Waals surface area (Å²) in [6.45, 7) is 0.487. The molecule has 0 aromatic heterocycles. The number of hydrogen-bond donors (Lipinski definition) is 2. The Hall–Kier alpha value is -0.970. The molecule has 0 unspecified atom stereocenters. The zero-order valence-electron chi connectivity index (χ0n) is 7.32. The van der Waals surface area contributed by atoms with E-state index in [0.29, 0.717) is 10.6 Å². The smallest absolute Gasteiger partial charge is 0.205 e. The zero-order valence-corrected chi connectivity index (χ0v) is 8.83. The lowest BCUT2D eigenvalue weighted by molar-refractivity contribution is 0.641. The van der Waals surface area contributed by atoms with E-state index in [1.807, 2.05) is 30.3 Å². The zero-order chi connectivity index (χ0) is 10.4. The second-order valence-electron chi connectivity index (χ2n) is 2.53. The topological polar surface area (TPSA) is 53.6 Å². The van der Waals surface area contributed by atoms with Gasteiger partial charge in [0, 0.05) is 23.6 Å². The molecular formula is C8H10Cl2N4. The fraction of sp³-hybridized carbons (Fsp3) is 0.125. The number of hydrazine groups is 1. The van der Waals surface area contributed by atoms with Gasteiger partial charge in [-0.25, -0.2) is 4.99 Å². The molecule has 3 N–H and O–H groups in total. The quantitative estimate of drug-likeness (QED) is 0.361. The Balaban J connectivity index is 2.47. The Labute approximate surface area is 92.5 Å². The van der Waals surface area contributed by atoms with Crippen molar-refractivity contribution in [3.63, 3.8) is 0 Å². The van der Waals surface area contributed by atoms with Crippen LogP contribution >= 0.6 is 23.6 Å². The highest BCUT2D eigenvalue weighted by atomic mass is 35.5. The lowest BCUT2D eigenvalue weighted by atomic mass is 10.2. The first-order valence-electron chi connectivity index (χ1n) is 3.90. The number of rotatable bonds is 3. The first-order chi connectivity index (χ1) is 6.68. The van der Waals surface area contributed by atoms with Crippen LogP contribution in [0.4, 0.5) is 0 Å². The van der Waals surface area contributed by atoms with Gasteiger partial charge in [-0.05, 0) is 9.61 Å². The van der Waals surface area contributed by atoms with Gasteiger partial charge in [0.25, 0.3) is 0 Å². The van der Waals surface area contributed by atoms with Crippen LogP contribution in [-0.2, 0) is 6.54 Å². The molecule has 0 atom stereocenters. The second kappa shape index (κ2) is 5.70. The molecule has 0 aliphatic heterocycles. The average Bonchev–Trinajstić information content (AvgIpc) is 2.15. The van der Waals surface area contributed by atoms with Gasteiger partial charge in [0.05, 0.1) is 6.54 Å². The van der Waals surface area contributed by atoms with Gasteiger partial charge in [0.15, 0.2) is 0 Å². The molecule has 1 rings (SSSR count). The minimum absolute atomic E-state index is 0.166. The Morgan fingerprint density at radius 3 is 2.57 bits per heavy atom. The number of nitrogens with one attached hydrogen (secondary N) is 1. The second-order valence-corrected chi connectivity index (χ2v) is 3.38.